The van der Waals surface area contributed by atoms with Crippen molar-refractivity contribution in [2.45, 2.75) is 33.3 Å². The molecule has 0 fully saturated rings. The van der Waals surface area contributed by atoms with Gasteiger partial charge in [-0.1, -0.05) is 20.8 Å². The third-order valence-corrected chi connectivity index (χ3v) is 1.55. The topological polar surface area (TPSA) is 21.3 Å². The zero-order valence-corrected chi connectivity index (χ0v) is 8.18. The van der Waals surface area contributed by atoms with E-state index in [2.05, 4.69) is 26.1 Å². The van der Waals surface area contributed by atoms with Gasteiger partial charge in [0.1, 0.15) is 0 Å². The van der Waals surface area contributed by atoms with Crippen molar-refractivity contribution in [3.8, 4) is 0 Å². The molecule has 0 aliphatic heterocycles. The normalized spacial score (nSPS) is 13.9. The Morgan fingerprint density at radius 2 is 2.00 bits per heavy atom. The molecule has 1 atom stereocenters. The lowest BCUT2D eigenvalue weighted by atomic mass is 10.2. The molecule has 0 aromatic heterocycles. The van der Waals surface area contributed by atoms with Gasteiger partial charge < -0.3 is 10.1 Å². The van der Waals surface area contributed by atoms with Gasteiger partial charge in [-0.2, -0.15) is 0 Å². The Morgan fingerprint density at radius 1 is 1.36 bits per heavy atom. The van der Waals surface area contributed by atoms with Crippen LogP contribution in [0.4, 0.5) is 0 Å². The number of hydrogen-bond donors (Lipinski definition) is 1. The first-order chi connectivity index (χ1) is 5.20. The van der Waals surface area contributed by atoms with Gasteiger partial charge in [0.05, 0.1) is 6.10 Å². The van der Waals surface area contributed by atoms with Crippen LogP contribution in [0.1, 0.15) is 27.2 Å². The maximum absolute atomic E-state index is 5.63. The molecule has 0 aliphatic carbocycles. The van der Waals surface area contributed by atoms with Gasteiger partial charge in [-0.15, -0.1) is 0 Å². The van der Waals surface area contributed by atoms with Crippen LogP contribution in [-0.4, -0.2) is 26.3 Å². The lowest BCUT2D eigenvalue weighted by Gasteiger charge is -2.16. The number of nitrogens with one attached hydrogen (secondary N) is 1. The van der Waals surface area contributed by atoms with Crippen LogP contribution in [-0.2, 0) is 4.74 Å². The van der Waals surface area contributed by atoms with E-state index in [1.807, 2.05) is 7.05 Å². The van der Waals surface area contributed by atoms with Crippen molar-refractivity contribution in [3.05, 3.63) is 0 Å². The van der Waals surface area contributed by atoms with Gasteiger partial charge in [-0.05, 0) is 19.4 Å². The van der Waals surface area contributed by atoms with Crippen molar-refractivity contribution in [1.82, 2.24) is 5.32 Å². The summed E-state index contributed by atoms with van der Waals surface area (Å²) in [5, 5.41) is 3.12. The number of hydrogen-bond acceptors (Lipinski definition) is 2. The highest BCUT2D eigenvalue weighted by Crippen LogP contribution is 2.00. The van der Waals surface area contributed by atoms with Gasteiger partial charge in [0.25, 0.3) is 0 Å². The molecule has 0 spiro atoms. The summed E-state index contributed by atoms with van der Waals surface area (Å²) in [5.74, 6) is 0.640. The molecular weight excluding hydrogens is 138 g/mol. The molecular formula is C9H21NO. The zero-order chi connectivity index (χ0) is 8.69. The fourth-order valence-electron chi connectivity index (χ4n) is 0.877. The molecule has 68 valence electrons. The molecule has 0 saturated carbocycles. The van der Waals surface area contributed by atoms with Crippen molar-refractivity contribution in [2.24, 2.45) is 5.92 Å². The van der Waals surface area contributed by atoms with Gasteiger partial charge in [0, 0.05) is 13.2 Å². The SMILES string of the molecule is CCC(CNC)OCC(C)C. The van der Waals surface area contributed by atoms with E-state index in [-0.39, 0.29) is 0 Å². The summed E-state index contributed by atoms with van der Waals surface area (Å²) < 4.78 is 5.63. The first kappa shape index (κ1) is 10.9. The van der Waals surface area contributed by atoms with Crippen LogP contribution in [0, 0.1) is 5.92 Å². The molecule has 11 heavy (non-hydrogen) atoms. The summed E-state index contributed by atoms with van der Waals surface area (Å²) in [7, 11) is 1.96. The molecule has 0 radical (unpaired) electrons. The molecule has 1 unspecified atom stereocenters. The van der Waals surface area contributed by atoms with E-state index in [0.717, 1.165) is 19.6 Å². The van der Waals surface area contributed by atoms with Crippen molar-refractivity contribution in [1.29, 1.82) is 0 Å². The Morgan fingerprint density at radius 3 is 2.36 bits per heavy atom. The Bertz CT molecular complexity index is 83.6. The predicted molar refractivity (Wildman–Crippen MR) is 48.8 cm³/mol. The minimum absolute atomic E-state index is 0.391. The average molecular weight is 159 g/mol. The monoisotopic (exact) mass is 159 g/mol. The fourth-order valence-corrected chi connectivity index (χ4v) is 0.877. The molecule has 2 heteroatoms. The number of rotatable bonds is 6. The second-order valence-electron chi connectivity index (χ2n) is 3.32. The molecule has 0 amide bonds. The van der Waals surface area contributed by atoms with Crippen molar-refractivity contribution < 1.29 is 4.74 Å². The molecule has 0 heterocycles. The Balaban J connectivity index is 3.35. The highest BCUT2D eigenvalue weighted by atomic mass is 16.5. The quantitative estimate of drug-likeness (QED) is 0.636. The highest BCUT2D eigenvalue weighted by Gasteiger charge is 2.05. The van der Waals surface area contributed by atoms with E-state index < -0.39 is 0 Å². The molecule has 0 aromatic carbocycles. The van der Waals surface area contributed by atoms with Crippen LogP contribution in [0.15, 0.2) is 0 Å². The first-order valence-electron chi connectivity index (χ1n) is 4.46. The van der Waals surface area contributed by atoms with Gasteiger partial charge in [-0.25, -0.2) is 0 Å². The molecule has 1 N–H and O–H groups in total. The average Bonchev–Trinajstić information content (AvgIpc) is 1.97. The molecule has 0 saturated heterocycles. The summed E-state index contributed by atoms with van der Waals surface area (Å²) in [5.41, 5.74) is 0. The lowest BCUT2D eigenvalue weighted by molar-refractivity contribution is 0.0351. The standard InChI is InChI=1S/C9H21NO/c1-5-9(6-10-4)11-7-8(2)3/h8-10H,5-7H2,1-4H3. The Kier molecular flexibility index (Phi) is 6.57. The third kappa shape index (κ3) is 6.32. The minimum Gasteiger partial charge on any atom is -0.377 e. The van der Waals surface area contributed by atoms with Gasteiger partial charge in [0.2, 0.25) is 0 Å². The van der Waals surface area contributed by atoms with Crippen LogP contribution in [0.3, 0.4) is 0 Å². The highest BCUT2D eigenvalue weighted by molar-refractivity contribution is 4.57. The van der Waals surface area contributed by atoms with E-state index >= 15 is 0 Å². The van der Waals surface area contributed by atoms with Crippen LogP contribution in [0.25, 0.3) is 0 Å². The first-order valence-corrected chi connectivity index (χ1v) is 4.46. The Hall–Kier alpha value is -0.0800. The van der Waals surface area contributed by atoms with Crippen molar-refractivity contribution in [3.63, 3.8) is 0 Å². The molecule has 0 bridgehead atoms. The zero-order valence-electron chi connectivity index (χ0n) is 8.18. The van der Waals surface area contributed by atoms with E-state index in [1.54, 1.807) is 0 Å². The summed E-state index contributed by atoms with van der Waals surface area (Å²) >= 11 is 0. The maximum atomic E-state index is 5.63. The predicted octanol–water partition coefficient (Wildman–Crippen LogP) is 1.66. The fraction of sp³-hybridized carbons (Fsp3) is 1.00. The summed E-state index contributed by atoms with van der Waals surface area (Å²) in [6.07, 6.45) is 1.48. The summed E-state index contributed by atoms with van der Waals surface area (Å²) in [6.45, 7) is 8.34. The van der Waals surface area contributed by atoms with E-state index in [1.165, 1.54) is 0 Å². The van der Waals surface area contributed by atoms with Crippen LogP contribution in [0.2, 0.25) is 0 Å². The van der Waals surface area contributed by atoms with Gasteiger partial charge >= 0.3 is 0 Å². The summed E-state index contributed by atoms with van der Waals surface area (Å²) in [6, 6.07) is 0. The van der Waals surface area contributed by atoms with E-state index in [0.29, 0.717) is 12.0 Å². The summed E-state index contributed by atoms with van der Waals surface area (Å²) in [4.78, 5) is 0. The molecule has 2 nitrogen and oxygen atoms in total. The second-order valence-corrected chi connectivity index (χ2v) is 3.32. The largest absolute Gasteiger partial charge is 0.377 e. The van der Waals surface area contributed by atoms with Crippen LogP contribution in [0.5, 0.6) is 0 Å². The maximum Gasteiger partial charge on any atom is 0.0696 e. The molecule has 0 rings (SSSR count). The van der Waals surface area contributed by atoms with Crippen LogP contribution < -0.4 is 5.32 Å². The Labute approximate surface area is 70.3 Å². The molecule has 0 aromatic rings. The van der Waals surface area contributed by atoms with E-state index in [4.69, 9.17) is 4.74 Å². The second kappa shape index (κ2) is 6.62. The smallest absolute Gasteiger partial charge is 0.0696 e. The van der Waals surface area contributed by atoms with E-state index in [9.17, 15) is 0 Å². The van der Waals surface area contributed by atoms with Crippen molar-refractivity contribution in [2.75, 3.05) is 20.2 Å². The minimum atomic E-state index is 0.391. The van der Waals surface area contributed by atoms with Gasteiger partial charge in [0.15, 0.2) is 0 Å². The lowest BCUT2D eigenvalue weighted by Crippen LogP contribution is -2.27. The molecule has 0 aliphatic rings. The van der Waals surface area contributed by atoms with Crippen LogP contribution >= 0.6 is 0 Å². The number of ether oxygens (including phenoxy) is 1. The number of likely N-dealkylation sites (N-methyl/N-ethyl adjacent to an activating group) is 1. The third-order valence-electron chi connectivity index (χ3n) is 1.55. The van der Waals surface area contributed by atoms with Crippen molar-refractivity contribution >= 4 is 0 Å². The van der Waals surface area contributed by atoms with Gasteiger partial charge in [-0.3, -0.25) is 0 Å².